The van der Waals surface area contributed by atoms with E-state index in [1.165, 1.54) is 23.1 Å². The normalized spacial score (nSPS) is 18.4. The summed E-state index contributed by atoms with van der Waals surface area (Å²) in [6, 6.07) is 2.79. The maximum absolute atomic E-state index is 13.7. The summed E-state index contributed by atoms with van der Waals surface area (Å²) < 4.78 is 32.5. The lowest BCUT2D eigenvalue weighted by molar-refractivity contribution is -0.134. The Bertz CT molecular complexity index is 816. The molecule has 1 aliphatic carbocycles. The van der Waals surface area contributed by atoms with Gasteiger partial charge in [0.05, 0.1) is 6.61 Å². The average Bonchev–Trinajstić information content (AvgIpc) is 2.66. The molecule has 3 rings (SSSR count). The molecule has 1 atom stereocenters. The van der Waals surface area contributed by atoms with Crippen LogP contribution in [-0.2, 0) is 19.1 Å². The van der Waals surface area contributed by atoms with Crippen LogP contribution in [0.5, 0.6) is 0 Å². The number of nitrogens with zero attached hydrogens (tertiary/aromatic N) is 2. The number of nitrogens with one attached hydrogen (secondary N) is 1. The van der Waals surface area contributed by atoms with E-state index in [-0.39, 0.29) is 30.8 Å². The van der Waals surface area contributed by atoms with E-state index in [1.54, 1.807) is 4.90 Å². The molecule has 3 amide bonds. The van der Waals surface area contributed by atoms with Crippen LogP contribution in [0.3, 0.4) is 0 Å². The zero-order valence-electron chi connectivity index (χ0n) is 16.8. The highest BCUT2D eigenvalue weighted by Gasteiger charge is 2.37. The molecule has 2 aliphatic rings. The summed E-state index contributed by atoms with van der Waals surface area (Å²) in [5.41, 5.74) is 5.22. The van der Waals surface area contributed by atoms with E-state index in [2.05, 4.69) is 5.32 Å². The highest BCUT2D eigenvalue weighted by atomic mass is 19.3. The first kappa shape index (κ1) is 22.1. The van der Waals surface area contributed by atoms with E-state index >= 15 is 0 Å². The van der Waals surface area contributed by atoms with Crippen LogP contribution in [0.1, 0.15) is 38.2 Å². The first-order valence-corrected chi connectivity index (χ1v) is 9.99. The molecule has 164 valence electrons. The molecule has 8 nitrogen and oxygen atoms in total. The summed E-state index contributed by atoms with van der Waals surface area (Å²) >= 11 is 0. The molecule has 2 fully saturated rings. The van der Waals surface area contributed by atoms with Crippen molar-refractivity contribution >= 4 is 29.1 Å². The fourth-order valence-electron chi connectivity index (χ4n) is 3.82. The molecular weight excluding hydrogens is 398 g/mol. The third-order valence-electron chi connectivity index (χ3n) is 5.58. The number of hydrogen-bond acceptors (Lipinski definition) is 5. The van der Waals surface area contributed by atoms with Gasteiger partial charge in [0, 0.05) is 29.5 Å². The number of hydrogen-bond donors (Lipinski definition) is 2. The van der Waals surface area contributed by atoms with E-state index < -0.39 is 29.8 Å². The Morgan fingerprint density at radius 1 is 1.37 bits per heavy atom. The zero-order valence-corrected chi connectivity index (χ0v) is 16.8. The van der Waals surface area contributed by atoms with Crippen LogP contribution in [0.25, 0.3) is 0 Å². The number of anilines is 2. The van der Waals surface area contributed by atoms with E-state index in [4.69, 9.17) is 10.5 Å². The van der Waals surface area contributed by atoms with Gasteiger partial charge in [0.2, 0.25) is 5.91 Å². The van der Waals surface area contributed by atoms with Gasteiger partial charge in [0.1, 0.15) is 6.61 Å². The van der Waals surface area contributed by atoms with Gasteiger partial charge in [-0.3, -0.25) is 19.3 Å². The summed E-state index contributed by atoms with van der Waals surface area (Å²) in [6.07, 6.45) is -0.173. The van der Waals surface area contributed by atoms with Crippen molar-refractivity contribution in [2.45, 2.75) is 44.7 Å². The van der Waals surface area contributed by atoms with Gasteiger partial charge in [-0.1, -0.05) is 13.3 Å². The van der Waals surface area contributed by atoms with Gasteiger partial charge in [-0.15, -0.1) is 0 Å². The predicted octanol–water partition coefficient (Wildman–Crippen LogP) is 1.65. The Kier molecular flexibility index (Phi) is 6.99. The Hall–Kier alpha value is -2.59. The Morgan fingerprint density at radius 3 is 2.63 bits per heavy atom. The molecule has 0 spiro atoms. The molecule has 1 heterocycles. The zero-order chi connectivity index (χ0) is 21.8. The van der Waals surface area contributed by atoms with Crippen molar-refractivity contribution < 1.29 is 27.9 Å². The van der Waals surface area contributed by atoms with Crippen molar-refractivity contribution in [2.75, 3.05) is 36.5 Å². The molecule has 0 aromatic heterocycles. The van der Waals surface area contributed by atoms with Crippen LogP contribution in [0.15, 0.2) is 18.2 Å². The standard InChI is InChI=1S/C20H26F2N4O4/c1-2-25(12-4-3-5-12)17(19(23)28)20(29)24-15-7-6-13(10-14(15)18(21)22)26-8-9-30-11-16(26)27/h6-7,10,12,17-18H,2-5,8-9,11H2,1H3,(H2,23,28)(H,24,29)/t17-/m1/s1. The second-order valence-corrected chi connectivity index (χ2v) is 7.38. The maximum Gasteiger partial charge on any atom is 0.265 e. The van der Waals surface area contributed by atoms with Crippen molar-refractivity contribution in [3.8, 4) is 0 Å². The quantitative estimate of drug-likeness (QED) is 0.618. The van der Waals surface area contributed by atoms with Gasteiger partial charge >= 0.3 is 0 Å². The summed E-state index contributed by atoms with van der Waals surface area (Å²) in [4.78, 5) is 39.9. The topological polar surface area (TPSA) is 105 Å². The number of carbonyl (C=O) groups is 3. The minimum Gasteiger partial charge on any atom is -0.370 e. The van der Waals surface area contributed by atoms with Gasteiger partial charge in [-0.25, -0.2) is 8.78 Å². The van der Waals surface area contributed by atoms with Gasteiger partial charge < -0.3 is 20.7 Å². The fraction of sp³-hybridized carbons (Fsp3) is 0.550. The minimum absolute atomic E-state index is 0.0718. The van der Waals surface area contributed by atoms with Crippen LogP contribution >= 0.6 is 0 Å². The lowest BCUT2D eigenvalue weighted by Crippen LogP contribution is -2.57. The lowest BCUT2D eigenvalue weighted by Gasteiger charge is -2.40. The SMILES string of the molecule is CCN(C1CCC1)[C@H](C(N)=O)C(=O)Nc1ccc(N2CCOCC2=O)cc1C(F)F. The second kappa shape index (κ2) is 9.48. The van der Waals surface area contributed by atoms with Gasteiger partial charge in [-0.05, 0) is 37.6 Å². The number of rotatable bonds is 8. The molecule has 10 heteroatoms. The summed E-state index contributed by atoms with van der Waals surface area (Å²) in [5, 5.41) is 2.44. The van der Waals surface area contributed by atoms with Crippen LogP contribution in [0, 0.1) is 0 Å². The van der Waals surface area contributed by atoms with Crippen molar-refractivity contribution in [1.82, 2.24) is 4.90 Å². The van der Waals surface area contributed by atoms with E-state index in [0.29, 0.717) is 18.8 Å². The van der Waals surface area contributed by atoms with E-state index in [9.17, 15) is 23.2 Å². The molecule has 1 aliphatic heterocycles. The number of primary amides is 1. The minimum atomic E-state index is -2.89. The first-order valence-electron chi connectivity index (χ1n) is 9.99. The highest BCUT2D eigenvalue weighted by Crippen LogP contribution is 2.32. The number of alkyl halides is 2. The maximum atomic E-state index is 13.7. The molecular formula is C20H26F2N4O4. The molecule has 30 heavy (non-hydrogen) atoms. The molecule has 3 N–H and O–H groups in total. The van der Waals surface area contributed by atoms with Crippen molar-refractivity contribution in [1.29, 1.82) is 0 Å². The largest absolute Gasteiger partial charge is 0.370 e. The summed E-state index contributed by atoms with van der Waals surface area (Å²) in [6.45, 7) is 2.70. The lowest BCUT2D eigenvalue weighted by atomic mass is 9.90. The highest BCUT2D eigenvalue weighted by molar-refractivity contribution is 6.10. The number of ether oxygens (including phenoxy) is 1. The Labute approximate surface area is 173 Å². The monoisotopic (exact) mass is 424 g/mol. The van der Waals surface area contributed by atoms with E-state index in [1.807, 2.05) is 6.92 Å². The van der Waals surface area contributed by atoms with Crippen LogP contribution in [0.4, 0.5) is 20.2 Å². The van der Waals surface area contributed by atoms with Crippen LogP contribution in [-0.4, -0.2) is 61.0 Å². The molecule has 0 bridgehead atoms. The molecule has 1 saturated carbocycles. The van der Waals surface area contributed by atoms with Crippen LogP contribution in [0.2, 0.25) is 0 Å². The van der Waals surface area contributed by atoms with Crippen molar-refractivity contribution in [3.05, 3.63) is 23.8 Å². The number of amides is 3. The average molecular weight is 424 g/mol. The Balaban J connectivity index is 1.84. The van der Waals surface area contributed by atoms with Crippen molar-refractivity contribution in [2.24, 2.45) is 5.73 Å². The number of likely N-dealkylation sites (N-methyl/N-ethyl adjacent to an activating group) is 1. The van der Waals surface area contributed by atoms with E-state index in [0.717, 1.165) is 19.3 Å². The first-order chi connectivity index (χ1) is 14.3. The fourth-order valence-corrected chi connectivity index (χ4v) is 3.82. The second-order valence-electron chi connectivity index (χ2n) is 7.38. The molecule has 1 aromatic carbocycles. The molecule has 0 radical (unpaired) electrons. The van der Waals surface area contributed by atoms with Gasteiger partial charge in [-0.2, -0.15) is 0 Å². The number of halogens is 2. The predicted molar refractivity (Wildman–Crippen MR) is 106 cm³/mol. The third kappa shape index (κ3) is 4.59. The van der Waals surface area contributed by atoms with Crippen LogP contribution < -0.4 is 16.0 Å². The van der Waals surface area contributed by atoms with Gasteiger partial charge in [0.25, 0.3) is 18.2 Å². The molecule has 0 unspecified atom stereocenters. The smallest absolute Gasteiger partial charge is 0.265 e. The molecule has 1 aromatic rings. The number of carbonyl (C=O) groups excluding carboxylic acids is 3. The van der Waals surface area contributed by atoms with Gasteiger partial charge in [0.15, 0.2) is 6.04 Å². The molecule has 1 saturated heterocycles. The third-order valence-corrected chi connectivity index (χ3v) is 5.58. The number of nitrogens with two attached hydrogens (primary N) is 1. The van der Waals surface area contributed by atoms with Crippen molar-refractivity contribution in [3.63, 3.8) is 0 Å². The number of benzene rings is 1. The summed E-state index contributed by atoms with van der Waals surface area (Å²) in [7, 11) is 0. The summed E-state index contributed by atoms with van der Waals surface area (Å²) in [5.74, 6) is -1.89. The number of morpholine rings is 1. The Morgan fingerprint density at radius 2 is 2.10 bits per heavy atom.